The number of fused-ring (bicyclic) bond motifs is 1. The third-order valence-corrected chi connectivity index (χ3v) is 5.71. The summed E-state index contributed by atoms with van der Waals surface area (Å²) in [6, 6.07) is 4.22. The van der Waals surface area contributed by atoms with E-state index in [4.69, 9.17) is 9.47 Å². The van der Waals surface area contributed by atoms with E-state index in [2.05, 4.69) is 37.8 Å². The Bertz CT molecular complexity index is 583. The lowest BCUT2D eigenvalue weighted by molar-refractivity contribution is 0.0578. The minimum Gasteiger partial charge on any atom is -0.493 e. The van der Waals surface area contributed by atoms with E-state index in [9.17, 15) is 5.11 Å². The number of rotatable bonds is 9. The fourth-order valence-corrected chi connectivity index (χ4v) is 4.31. The third kappa shape index (κ3) is 5.37. The van der Waals surface area contributed by atoms with Gasteiger partial charge in [0.05, 0.1) is 20.3 Å². The molecule has 2 rings (SSSR count). The molecular weight excluding hydrogens is 326 g/mol. The van der Waals surface area contributed by atoms with E-state index in [1.54, 1.807) is 14.2 Å². The minimum atomic E-state index is -0.280. The topological polar surface area (TPSA) is 41.9 Å². The van der Waals surface area contributed by atoms with E-state index in [-0.39, 0.29) is 11.5 Å². The molecule has 1 aliphatic rings. The molecule has 1 heterocycles. The van der Waals surface area contributed by atoms with Gasteiger partial charge in [0.2, 0.25) is 0 Å². The van der Waals surface area contributed by atoms with Crippen molar-refractivity contribution in [2.24, 2.45) is 11.3 Å². The Hall–Kier alpha value is -1.26. The molecule has 0 saturated heterocycles. The summed E-state index contributed by atoms with van der Waals surface area (Å²) in [6.07, 6.45) is 4.20. The average Bonchev–Trinajstić information content (AvgIpc) is 2.59. The summed E-state index contributed by atoms with van der Waals surface area (Å²) < 4.78 is 10.9. The van der Waals surface area contributed by atoms with Crippen molar-refractivity contribution in [3.63, 3.8) is 0 Å². The number of ether oxygens (including phenoxy) is 2. The highest BCUT2D eigenvalue weighted by Crippen LogP contribution is 2.35. The van der Waals surface area contributed by atoms with Gasteiger partial charge >= 0.3 is 0 Å². The van der Waals surface area contributed by atoms with Crippen molar-refractivity contribution >= 4 is 0 Å². The van der Waals surface area contributed by atoms with Crippen molar-refractivity contribution < 1.29 is 14.6 Å². The van der Waals surface area contributed by atoms with Gasteiger partial charge in [0.1, 0.15) is 0 Å². The van der Waals surface area contributed by atoms with Crippen molar-refractivity contribution in [2.75, 3.05) is 27.3 Å². The Labute approximate surface area is 159 Å². The maximum absolute atomic E-state index is 10.4. The Morgan fingerprint density at radius 1 is 1.15 bits per heavy atom. The van der Waals surface area contributed by atoms with Gasteiger partial charge < -0.3 is 14.6 Å². The van der Waals surface area contributed by atoms with Gasteiger partial charge in [-0.15, -0.1) is 0 Å². The van der Waals surface area contributed by atoms with Gasteiger partial charge in [-0.2, -0.15) is 0 Å². The molecule has 0 bridgehead atoms. The fraction of sp³-hybridized carbons (Fsp3) is 0.727. The number of benzene rings is 1. The van der Waals surface area contributed by atoms with E-state index >= 15 is 0 Å². The molecule has 0 aliphatic carbocycles. The summed E-state index contributed by atoms with van der Waals surface area (Å²) in [7, 11) is 3.37. The third-order valence-electron chi connectivity index (χ3n) is 5.71. The maximum atomic E-state index is 10.4. The first kappa shape index (κ1) is 21.0. The molecule has 1 aromatic rings. The first-order chi connectivity index (χ1) is 12.3. The number of hydrogen-bond donors (Lipinski definition) is 1. The smallest absolute Gasteiger partial charge is 0.161 e. The van der Waals surface area contributed by atoms with Crippen molar-refractivity contribution in [2.45, 2.75) is 66.0 Å². The van der Waals surface area contributed by atoms with Gasteiger partial charge in [0.15, 0.2) is 11.5 Å². The molecule has 148 valence electrons. The van der Waals surface area contributed by atoms with E-state index in [1.807, 2.05) is 6.92 Å². The molecule has 26 heavy (non-hydrogen) atoms. The van der Waals surface area contributed by atoms with Gasteiger partial charge in [-0.05, 0) is 60.8 Å². The molecule has 0 amide bonds. The Morgan fingerprint density at radius 3 is 2.31 bits per heavy atom. The number of hydrogen-bond acceptors (Lipinski definition) is 4. The van der Waals surface area contributed by atoms with Crippen LogP contribution in [-0.4, -0.2) is 43.4 Å². The second-order valence-corrected chi connectivity index (χ2v) is 8.58. The molecule has 0 aromatic heterocycles. The molecule has 2 atom stereocenters. The lowest BCUT2D eigenvalue weighted by Crippen LogP contribution is -2.39. The Morgan fingerprint density at radius 2 is 1.77 bits per heavy atom. The molecule has 0 radical (unpaired) electrons. The summed E-state index contributed by atoms with van der Waals surface area (Å²) >= 11 is 0. The highest BCUT2D eigenvalue weighted by molar-refractivity contribution is 5.48. The van der Waals surface area contributed by atoms with Crippen molar-refractivity contribution in [3.05, 3.63) is 23.3 Å². The minimum absolute atomic E-state index is 0.278. The van der Waals surface area contributed by atoms with Crippen LogP contribution in [0.3, 0.4) is 0 Å². The van der Waals surface area contributed by atoms with Crippen molar-refractivity contribution in [1.82, 2.24) is 4.90 Å². The summed E-state index contributed by atoms with van der Waals surface area (Å²) in [6.45, 7) is 11.7. The summed E-state index contributed by atoms with van der Waals surface area (Å²) in [5.74, 6) is 1.91. The quantitative estimate of drug-likeness (QED) is 0.711. The van der Waals surface area contributed by atoms with Crippen LogP contribution in [0.1, 0.15) is 58.1 Å². The standard InChI is InChI=1S/C22H37NO3/c1-7-9-22(3,4)13-19(16(2)24)15-23-10-8-17-11-20(25-5)21(26-6)12-18(17)14-23/h11-12,16,19,24H,7-10,13-15H2,1-6H3/t16-,19?/m1/s1. The molecule has 0 saturated carbocycles. The highest BCUT2D eigenvalue weighted by Gasteiger charge is 2.28. The molecule has 4 nitrogen and oxygen atoms in total. The zero-order chi connectivity index (χ0) is 19.3. The number of aliphatic hydroxyl groups is 1. The number of aliphatic hydroxyl groups excluding tert-OH is 1. The highest BCUT2D eigenvalue weighted by atomic mass is 16.5. The largest absolute Gasteiger partial charge is 0.493 e. The SMILES string of the molecule is CCCC(C)(C)CC(CN1CCc2cc(OC)c(OC)cc2C1)[C@@H](C)O. The molecule has 0 fully saturated rings. The van der Waals surface area contributed by atoms with Crippen molar-refractivity contribution in [1.29, 1.82) is 0 Å². The van der Waals surface area contributed by atoms with Gasteiger partial charge in [-0.3, -0.25) is 4.90 Å². The normalized spacial score (nSPS) is 17.5. The zero-order valence-electron chi connectivity index (χ0n) is 17.5. The van der Waals surface area contributed by atoms with Gasteiger partial charge in [0, 0.05) is 19.6 Å². The molecular formula is C22H37NO3. The molecule has 0 spiro atoms. The molecule has 1 aliphatic heterocycles. The summed E-state index contributed by atoms with van der Waals surface area (Å²) in [4.78, 5) is 2.48. The lowest BCUT2D eigenvalue weighted by atomic mass is 9.77. The molecule has 4 heteroatoms. The van der Waals surface area contributed by atoms with Crippen LogP contribution in [0.25, 0.3) is 0 Å². The van der Waals surface area contributed by atoms with Crippen LogP contribution in [0.2, 0.25) is 0 Å². The fourth-order valence-electron chi connectivity index (χ4n) is 4.31. The number of methoxy groups -OCH3 is 2. The average molecular weight is 364 g/mol. The Balaban J connectivity index is 2.08. The second-order valence-electron chi connectivity index (χ2n) is 8.58. The van der Waals surface area contributed by atoms with E-state index in [0.717, 1.165) is 44.0 Å². The van der Waals surface area contributed by atoms with Crippen LogP contribution in [-0.2, 0) is 13.0 Å². The lowest BCUT2D eigenvalue weighted by Gasteiger charge is -2.36. The predicted octanol–water partition coefficient (Wildman–Crippen LogP) is 4.28. The first-order valence-corrected chi connectivity index (χ1v) is 9.93. The van der Waals surface area contributed by atoms with Crippen LogP contribution >= 0.6 is 0 Å². The van der Waals surface area contributed by atoms with E-state index in [1.165, 1.54) is 24.0 Å². The molecule has 1 aromatic carbocycles. The monoisotopic (exact) mass is 363 g/mol. The van der Waals surface area contributed by atoms with Gasteiger partial charge in [-0.1, -0.05) is 27.2 Å². The summed E-state index contributed by atoms with van der Waals surface area (Å²) in [5.41, 5.74) is 2.94. The van der Waals surface area contributed by atoms with Crippen LogP contribution in [0.4, 0.5) is 0 Å². The second kappa shape index (κ2) is 9.09. The summed E-state index contributed by atoms with van der Waals surface area (Å²) in [5, 5.41) is 10.4. The molecule has 1 unspecified atom stereocenters. The van der Waals surface area contributed by atoms with Crippen LogP contribution in [0.5, 0.6) is 11.5 Å². The zero-order valence-corrected chi connectivity index (χ0v) is 17.5. The Kier molecular flexibility index (Phi) is 7.36. The number of nitrogens with zero attached hydrogens (tertiary/aromatic N) is 1. The van der Waals surface area contributed by atoms with Crippen molar-refractivity contribution in [3.8, 4) is 11.5 Å². The van der Waals surface area contributed by atoms with E-state index in [0.29, 0.717) is 5.92 Å². The van der Waals surface area contributed by atoms with Gasteiger partial charge in [-0.25, -0.2) is 0 Å². The predicted molar refractivity (Wildman–Crippen MR) is 107 cm³/mol. The van der Waals surface area contributed by atoms with Crippen LogP contribution in [0, 0.1) is 11.3 Å². The van der Waals surface area contributed by atoms with Crippen LogP contribution < -0.4 is 9.47 Å². The maximum Gasteiger partial charge on any atom is 0.161 e. The van der Waals surface area contributed by atoms with Gasteiger partial charge in [0.25, 0.3) is 0 Å². The molecule has 1 N–H and O–H groups in total. The first-order valence-electron chi connectivity index (χ1n) is 9.93. The van der Waals surface area contributed by atoms with Crippen LogP contribution in [0.15, 0.2) is 12.1 Å². The van der Waals surface area contributed by atoms with E-state index < -0.39 is 0 Å².